The highest BCUT2D eigenvalue weighted by molar-refractivity contribution is 5.80. The van der Waals surface area contributed by atoms with E-state index in [1.807, 2.05) is 18.2 Å². The van der Waals surface area contributed by atoms with Crippen LogP contribution in [0.4, 0.5) is 11.6 Å². The first kappa shape index (κ1) is 11.8. The van der Waals surface area contributed by atoms with Crippen LogP contribution in [-0.2, 0) is 0 Å². The third kappa shape index (κ3) is 2.52. The number of benzene rings is 1. The van der Waals surface area contributed by atoms with Crippen molar-refractivity contribution >= 4 is 22.7 Å². The van der Waals surface area contributed by atoms with Gasteiger partial charge < -0.3 is 15.6 Å². The monoisotopic (exact) mass is 232 g/mol. The summed E-state index contributed by atoms with van der Waals surface area (Å²) in [5.74, 6) is 0.946. The summed E-state index contributed by atoms with van der Waals surface area (Å²) in [4.78, 5) is 10.2. The van der Waals surface area contributed by atoms with E-state index in [9.17, 15) is 0 Å². The molecule has 2 rings (SSSR count). The van der Waals surface area contributed by atoms with E-state index >= 15 is 0 Å². The Morgan fingerprint density at radius 1 is 1.35 bits per heavy atom. The van der Waals surface area contributed by atoms with Crippen molar-refractivity contribution < 1.29 is 0 Å². The summed E-state index contributed by atoms with van der Waals surface area (Å²) in [6, 6.07) is 5.77. The van der Waals surface area contributed by atoms with Crippen molar-refractivity contribution in [2.45, 2.75) is 26.7 Å². The summed E-state index contributed by atoms with van der Waals surface area (Å²) in [5, 5.41) is 0. The molecular formula is C13H20N4. The first-order valence-electron chi connectivity index (χ1n) is 6.24. The van der Waals surface area contributed by atoms with Crippen LogP contribution >= 0.6 is 0 Å². The van der Waals surface area contributed by atoms with Crippen LogP contribution < -0.4 is 10.6 Å². The maximum atomic E-state index is 5.76. The van der Waals surface area contributed by atoms with Gasteiger partial charge in [0.2, 0.25) is 5.95 Å². The van der Waals surface area contributed by atoms with Gasteiger partial charge in [-0.1, -0.05) is 13.3 Å². The zero-order valence-electron chi connectivity index (χ0n) is 10.5. The molecule has 0 radical (unpaired) electrons. The molecule has 4 nitrogen and oxygen atoms in total. The predicted molar refractivity (Wildman–Crippen MR) is 73.3 cm³/mol. The number of nitrogens with one attached hydrogen (secondary N) is 1. The van der Waals surface area contributed by atoms with E-state index < -0.39 is 0 Å². The fourth-order valence-corrected chi connectivity index (χ4v) is 1.93. The van der Waals surface area contributed by atoms with E-state index in [1.165, 1.54) is 12.8 Å². The quantitative estimate of drug-likeness (QED) is 0.779. The van der Waals surface area contributed by atoms with Crippen molar-refractivity contribution in [1.82, 2.24) is 9.97 Å². The lowest BCUT2D eigenvalue weighted by Gasteiger charge is -2.19. The Bertz CT molecular complexity index is 489. The molecule has 0 aliphatic heterocycles. The van der Waals surface area contributed by atoms with Gasteiger partial charge in [-0.3, -0.25) is 0 Å². The maximum Gasteiger partial charge on any atom is 0.203 e. The molecule has 0 aliphatic rings. The summed E-state index contributed by atoms with van der Waals surface area (Å²) in [5.41, 5.74) is 8.51. The molecule has 0 bridgehead atoms. The molecule has 0 fully saturated rings. The minimum atomic E-state index is 0.768. The van der Waals surface area contributed by atoms with Crippen LogP contribution in [0.15, 0.2) is 18.2 Å². The van der Waals surface area contributed by atoms with Gasteiger partial charge in [0.15, 0.2) is 0 Å². The lowest BCUT2D eigenvalue weighted by Crippen LogP contribution is -2.24. The second kappa shape index (κ2) is 5.08. The third-order valence-corrected chi connectivity index (χ3v) is 2.96. The van der Waals surface area contributed by atoms with Crippen molar-refractivity contribution in [3.8, 4) is 0 Å². The lowest BCUT2D eigenvalue weighted by molar-refractivity contribution is 0.719. The second-order valence-corrected chi connectivity index (χ2v) is 4.27. The van der Waals surface area contributed by atoms with E-state index in [0.717, 1.165) is 35.8 Å². The molecule has 3 N–H and O–H groups in total. The molecule has 0 saturated heterocycles. The highest BCUT2D eigenvalue weighted by Gasteiger charge is 2.09. The molecule has 1 heterocycles. The number of aromatic nitrogens is 2. The number of anilines is 2. The first-order valence-corrected chi connectivity index (χ1v) is 6.24. The summed E-state index contributed by atoms with van der Waals surface area (Å²) >= 11 is 0. The topological polar surface area (TPSA) is 57.9 Å². The normalized spacial score (nSPS) is 10.9. The van der Waals surface area contributed by atoms with Crippen LogP contribution in [0.3, 0.4) is 0 Å². The van der Waals surface area contributed by atoms with Crippen molar-refractivity contribution in [3.05, 3.63) is 18.2 Å². The van der Waals surface area contributed by atoms with Crippen LogP contribution in [-0.4, -0.2) is 23.1 Å². The maximum absolute atomic E-state index is 5.76. The molecule has 0 saturated carbocycles. The molecule has 0 aliphatic carbocycles. The SMILES string of the molecule is CCCCN(CC)c1nc2ccc(N)cc2[nH]1. The molecule has 2 aromatic rings. The van der Waals surface area contributed by atoms with Crippen LogP contribution in [0.1, 0.15) is 26.7 Å². The summed E-state index contributed by atoms with van der Waals surface area (Å²) in [6.45, 7) is 6.36. The molecular weight excluding hydrogens is 212 g/mol. The van der Waals surface area contributed by atoms with E-state index in [1.54, 1.807) is 0 Å². The lowest BCUT2D eigenvalue weighted by atomic mass is 10.3. The Morgan fingerprint density at radius 3 is 2.88 bits per heavy atom. The average molecular weight is 232 g/mol. The van der Waals surface area contributed by atoms with Gasteiger partial charge in [0.05, 0.1) is 11.0 Å². The van der Waals surface area contributed by atoms with Gasteiger partial charge in [-0.2, -0.15) is 0 Å². The largest absolute Gasteiger partial charge is 0.399 e. The summed E-state index contributed by atoms with van der Waals surface area (Å²) in [6.07, 6.45) is 2.39. The molecule has 1 aromatic heterocycles. The highest BCUT2D eigenvalue weighted by Crippen LogP contribution is 2.19. The third-order valence-electron chi connectivity index (χ3n) is 2.96. The Morgan fingerprint density at radius 2 is 2.18 bits per heavy atom. The van der Waals surface area contributed by atoms with Gasteiger partial charge in [-0.05, 0) is 31.5 Å². The first-order chi connectivity index (χ1) is 8.24. The van der Waals surface area contributed by atoms with E-state index in [-0.39, 0.29) is 0 Å². The number of nitrogens with zero attached hydrogens (tertiary/aromatic N) is 2. The average Bonchev–Trinajstić information content (AvgIpc) is 2.72. The number of hydrogen-bond acceptors (Lipinski definition) is 3. The number of fused-ring (bicyclic) bond motifs is 1. The summed E-state index contributed by atoms with van der Waals surface area (Å²) < 4.78 is 0. The Kier molecular flexibility index (Phi) is 3.52. The number of nitrogen functional groups attached to an aromatic ring is 1. The molecule has 0 spiro atoms. The predicted octanol–water partition coefficient (Wildman–Crippen LogP) is 2.77. The molecule has 92 valence electrons. The fourth-order valence-electron chi connectivity index (χ4n) is 1.93. The van der Waals surface area contributed by atoms with E-state index in [4.69, 9.17) is 5.73 Å². The zero-order valence-corrected chi connectivity index (χ0v) is 10.5. The Hall–Kier alpha value is -1.71. The number of H-pyrrole nitrogens is 1. The Labute approximate surface area is 102 Å². The van der Waals surface area contributed by atoms with Gasteiger partial charge in [0.1, 0.15) is 0 Å². The number of nitrogens with two attached hydrogens (primary N) is 1. The van der Waals surface area contributed by atoms with E-state index in [0.29, 0.717) is 0 Å². The number of rotatable bonds is 5. The van der Waals surface area contributed by atoms with Crippen molar-refractivity contribution in [2.24, 2.45) is 0 Å². The minimum absolute atomic E-state index is 0.768. The molecule has 0 amide bonds. The van der Waals surface area contributed by atoms with Gasteiger partial charge in [0.25, 0.3) is 0 Å². The molecule has 0 atom stereocenters. The Balaban J connectivity index is 2.27. The molecule has 17 heavy (non-hydrogen) atoms. The smallest absolute Gasteiger partial charge is 0.203 e. The van der Waals surface area contributed by atoms with Crippen LogP contribution in [0.2, 0.25) is 0 Å². The number of imidazole rings is 1. The molecule has 4 heteroatoms. The minimum Gasteiger partial charge on any atom is -0.399 e. The van der Waals surface area contributed by atoms with Crippen LogP contribution in [0.5, 0.6) is 0 Å². The fraction of sp³-hybridized carbons (Fsp3) is 0.462. The van der Waals surface area contributed by atoms with Crippen molar-refractivity contribution in [1.29, 1.82) is 0 Å². The standard InChI is InChI=1S/C13H20N4/c1-3-5-8-17(4-2)13-15-11-7-6-10(14)9-12(11)16-13/h6-7,9H,3-5,8,14H2,1-2H3,(H,15,16). The zero-order chi connectivity index (χ0) is 12.3. The van der Waals surface area contributed by atoms with Gasteiger partial charge in [-0.25, -0.2) is 4.98 Å². The van der Waals surface area contributed by atoms with Crippen molar-refractivity contribution in [3.63, 3.8) is 0 Å². The van der Waals surface area contributed by atoms with Crippen molar-refractivity contribution in [2.75, 3.05) is 23.7 Å². The van der Waals surface area contributed by atoms with Crippen LogP contribution in [0.25, 0.3) is 11.0 Å². The highest BCUT2D eigenvalue weighted by atomic mass is 15.3. The second-order valence-electron chi connectivity index (χ2n) is 4.27. The number of hydrogen-bond donors (Lipinski definition) is 2. The number of unbranched alkanes of at least 4 members (excludes halogenated alkanes) is 1. The van der Waals surface area contributed by atoms with Gasteiger partial charge in [-0.15, -0.1) is 0 Å². The van der Waals surface area contributed by atoms with E-state index in [2.05, 4.69) is 28.7 Å². The molecule has 1 aromatic carbocycles. The van der Waals surface area contributed by atoms with Gasteiger partial charge in [0, 0.05) is 18.8 Å². The molecule has 0 unspecified atom stereocenters. The van der Waals surface area contributed by atoms with Crippen LogP contribution in [0, 0.1) is 0 Å². The number of aromatic amines is 1. The summed E-state index contributed by atoms with van der Waals surface area (Å²) in [7, 11) is 0. The van der Waals surface area contributed by atoms with Gasteiger partial charge >= 0.3 is 0 Å².